The lowest BCUT2D eigenvalue weighted by Gasteiger charge is -2.20. The van der Waals surface area contributed by atoms with E-state index in [0.29, 0.717) is 10.8 Å². The van der Waals surface area contributed by atoms with Crippen molar-refractivity contribution in [2.24, 2.45) is 0 Å². The van der Waals surface area contributed by atoms with Gasteiger partial charge in [0.25, 0.3) is 5.91 Å². The van der Waals surface area contributed by atoms with Crippen molar-refractivity contribution >= 4 is 23.6 Å². The van der Waals surface area contributed by atoms with Crippen molar-refractivity contribution in [3.05, 3.63) is 29.3 Å². The van der Waals surface area contributed by atoms with Crippen molar-refractivity contribution in [1.82, 2.24) is 10.9 Å². The number of rotatable bonds is 3. The Bertz CT molecular complexity index is 514. The van der Waals surface area contributed by atoms with E-state index in [1.54, 1.807) is 52.0 Å². The standard InChI is InChI=1S/C14H19ClN2O4/c1-9(20-11-7-5-6-10(15)8-11)12(18)16-17-13(19)21-14(2,3)4/h5-9H,1-4H3,(H,16,18)(H,17,19). The topological polar surface area (TPSA) is 76.7 Å². The molecule has 1 unspecified atom stereocenters. The number of amides is 2. The maximum Gasteiger partial charge on any atom is 0.426 e. The fourth-order valence-corrected chi connectivity index (χ4v) is 1.50. The smallest absolute Gasteiger partial charge is 0.426 e. The van der Waals surface area contributed by atoms with Crippen LogP contribution in [0.15, 0.2) is 24.3 Å². The molecule has 0 aliphatic rings. The zero-order chi connectivity index (χ0) is 16.0. The van der Waals surface area contributed by atoms with E-state index in [9.17, 15) is 9.59 Å². The monoisotopic (exact) mass is 314 g/mol. The number of carbonyl (C=O) groups excluding carboxylic acids is 2. The van der Waals surface area contributed by atoms with Gasteiger partial charge in [0, 0.05) is 5.02 Å². The van der Waals surface area contributed by atoms with Gasteiger partial charge in [0.05, 0.1) is 0 Å². The summed E-state index contributed by atoms with van der Waals surface area (Å²) in [4.78, 5) is 23.1. The Morgan fingerprint density at radius 3 is 2.48 bits per heavy atom. The lowest BCUT2D eigenvalue weighted by molar-refractivity contribution is -0.128. The highest BCUT2D eigenvalue weighted by Crippen LogP contribution is 2.18. The Labute approximate surface area is 128 Å². The molecule has 7 heteroatoms. The largest absolute Gasteiger partial charge is 0.481 e. The van der Waals surface area contributed by atoms with Crippen LogP contribution in [0.1, 0.15) is 27.7 Å². The number of carbonyl (C=O) groups is 2. The van der Waals surface area contributed by atoms with Crippen LogP contribution in [0.25, 0.3) is 0 Å². The molecule has 2 N–H and O–H groups in total. The Hall–Kier alpha value is -1.95. The number of benzene rings is 1. The molecule has 0 heterocycles. The van der Waals surface area contributed by atoms with E-state index in [1.807, 2.05) is 0 Å². The summed E-state index contributed by atoms with van der Waals surface area (Å²) in [5.41, 5.74) is 3.73. The molecule has 6 nitrogen and oxygen atoms in total. The SMILES string of the molecule is CC(Oc1cccc(Cl)c1)C(=O)NNC(=O)OC(C)(C)C. The van der Waals surface area contributed by atoms with E-state index in [-0.39, 0.29) is 0 Å². The van der Waals surface area contributed by atoms with E-state index in [4.69, 9.17) is 21.1 Å². The predicted octanol–water partition coefficient (Wildman–Crippen LogP) is 2.66. The van der Waals surface area contributed by atoms with Crippen LogP contribution in [0.2, 0.25) is 5.02 Å². The van der Waals surface area contributed by atoms with Crippen molar-refractivity contribution < 1.29 is 19.1 Å². The highest BCUT2D eigenvalue weighted by atomic mass is 35.5. The summed E-state index contributed by atoms with van der Waals surface area (Å²) in [6.45, 7) is 6.71. The van der Waals surface area contributed by atoms with E-state index in [1.165, 1.54) is 0 Å². The van der Waals surface area contributed by atoms with Gasteiger partial charge >= 0.3 is 6.09 Å². The first-order chi connectivity index (χ1) is 9.67. The zero-order valence-corrected chi connectivity index (χ0v) is 13.2. The summed E-state index contributed by atoms with van der Waals surface area (Å²) in [6.07, 6.45) is -1.55. The summed E-state index contributed by atoms with van der Waals surface area (Å²) in [7, 11) is 0. The van der Waals surface area contributed by atoms with Crippen LogP contribution >= 0.6 is 11.6 Å². The Morgan fingerprint density at radius 1 is 1.24 bits per heavy atom. The van der Waals surface area contributed by atoms with Crippen LogP contribution in [0.4, 0.5) is 4.79 Å². The van der Waals surface area contributed by atoms with E-state index in [0.717, 1.165) is 0 Å². The minimum absolute atomic E-state index is 0.461. The fraction of sp³-hybridized carbons (Fsp3) is 0.429. The predicted molar refractivity (Wildman–Crippen MR) is 79.1 cm³/mol. The Kier molecular flexibility index (Phi) is 5.84. The number of hydrazine groups is 1. The maximum absolute atomic E-state index is 11.8. The number of nitrogens with one attached hydrogen (secondary N) is 2. The normalized spacial score (nSPS) is 12.2. The van der Waals surface area contributed by atoms with Crippen molar-refractivity contribution in [2.45, 2.75) is 39.4 Å². The van der Waals surface area contributed by atoms with Crippen LogP contribution in [0.5, 0.6) is 5.75 Å². The molecule has 0 aliphatic heterocycles. The molecule has 0 radical (unpaired) electrons. The molecule has 1 atom stereocenters. The third-order valence-corrected chi connectivity index (χ3v) is 2.40. The van der Waals surface area contributed by atoms with Crippen molar-refractivity contribution in [3.63, 3.8) is 0 Å². The molecule has 0 saturated heterocycles. The molecule has 0 saturated carbocycles. The number of ether oxygens (including phenoxy) is 2. The van der Waals surface area contributed by atoms with Gasteiger partial charge in [-0.05, 0) is 45.9 Å². The molecule has 1 aromatic rings. The van der Waals surface area contributed by atoms with Crippen LogP contribution in [-0.4, -0.2) is 23.7 Å². The second-order valence-electron chi connectivity index (χ2n) is 5.33. The van der Waals surface area contributed by atoms with Crippen LogP contribution in [0, 0.1) is 0 Å². The molecule has 0 fully saturated rings. The van der Waals surface area contributed by atoms with Gasteiger partial charge in [-0.15, -0.1) is 0 Å². The van der Waals surface area contributed by atoms with Crippen molar-refractivity contribution in [1.29, 1.82) is 0 Å². The van der Waals surface area contributed by atoms with Gasteiger partial charge in [0.15, 0.2) is 6.10 Å². The molecule has 21 heavy (non-hydrogen) atoms. The van der Waals surface area contributed by atoms with Crippen LogP contribution in [0.3, 0.4) is 0 Å². The van der Waals surface area contributed by atoms with E-state index >= 15 is 0 Å². The number of hydrogen-bond acceptors (Lipinski definition) is 4. The number of halogens is 1. The highest BCUT2D eigenvalue weighted by molar-refractivity contribution is 6.30. The molecular formula is C14H19ClN2O4. The quantitative estimate of drug-likeness (QED) is 0.841. The number of hydrogen-bond donors (Lipinski definition) is 2. The summed E-state index contributed by atoms with van der Waals surface area (Å²) in [5, 5.41) is 0.506. The summed E-state index contributed by atoms with van der Waals surface area (Å²) in [6, 6.07) is 6.67. The van der Waals surface area contributed by atoms with E-state index < -0.39 is 23.7 Å². The Morgan fingerprint density at radius 2 is 1.90 bits per heavy atom. The molecule has 0 spiro atoms. The van der Waals surface area contributed by atoms with Crippen molar-refractivity contribution in [3.8, 4) is 5.75 Å². The molecule has 0 aliphatic carbocycles. The average Bonchev–Trinajstić information content (AvgIpc) is 2.33. The molecule has 116 valence electrons. The lowest BCUT2D eigenvalue weighted by atomic mass is 10.2. The summed E-state index contributed by atoms with van der Waals surface area (Å²) in [5.74, 6) is -0.0525. The molecule has 1 rings (SSSR count). The average molecular weight is 315 g/mol. The van der Waals surface area contributed by atoms with Gasteiger partial charge in [-0.25, -0.2) is 10.2 Å². The molecule has 0 aromatic heterocycles. The summed E-state index contributed by atoms with van der Waals surface area (Å²) >= 11 is 5.82. The first-order valence-corrected chi connectivity index (χ1v) is 6.76. The molecular weight excluding hydrogens is 296 g/mol. The van der Waals surface area contributed by atoms with Gasteiger partial charge in [0.1, 0.15) is 11.4 Å². The fourth-order valence-electron chi connectivity index (χ4n) is 1.32. The van der Waals surface area contributed by atoms with Crippen molar-refractivity contribution in [2.75, 3.05) is 0 Å². The summed E-state index contributed by atoms with van der Waals surface area (Å²) < 4.78 is 10.4. The first-order valence-electron chi connectivity index (χ1n) is 6.38. The lowest BCUT2D eigenvalue weighted by Crippen LogP contribution is -2.48. The van der Waals surface area contributed by atoms with Gasteiger partial charge in [0.2, 0.25) is 0 Å². The third-order valence-electron chi connectivity index (χ3n) is 2.16. The zero-order valence-electron chi connectivity index (χ0n) is 12.4. The second kappa shape index (κ2) is 7.17. The molecule has 1 aromatic carbocycles. The van der Waals surface area contributed by atoms with Gasteiger partial charge in [-0.1, -0.05) is 17.7 Å². The minimum atomic E-state index is -0.807. The van der Waals surface area contributed by atoms with Crippen LogP contribution < -0.4 is 15.6 Å². The maximum atomic E-state index is 11.8. The van der Waals surface area contributed by atoms with Gasteiger partial charge < -0.3 is 9.47 Å². The first kappa shape index (κ1) is 17.1. The second-order valence-corrected chi connectivity index (χ2v) is 5.77. The minimum Gasteiger partial charge on any atom is -0.481 e. The highest BCUT2D eigenvalue weighted by Gasteiger charge is 2.19. The molecule has 0 bridgehead atoms. The molecule has 2 amide bonds. The van der Waals surface area contributed by atoms with E-state index in [2.05, 4.69) is 10.9 Å². The third kappa shape index (κ3) is 6.85. The van der Waals surface area contributed by atoms with Crippen LogP contribution in [-0.2, 0) is 9.53 Å². The van der Waals surface area contributed by atoms with Gasteiger partial charge in [-0.3, -0.25) is 10.2 Å². The Balaban J connectivity index is 2.43. The van der Waals surface area contributed by atoms with Gasteiger partial charge in [-0.2, -0.15) is 0 Å².